The average molecular weight is 202 g/mol. The second kappa shape index (κ2) is 6.86. The standard InChI is InChI=1S/C12H22O2/c1-2-3-4-5-6-7-8-11-9-10-12(13)14-11/h11H,2-10H2,1H3/i1D2,2D2. The fourth-order valence-electron chi connectivity index (χ4n) is 1.74. The van der Waals surface area contributed by atoms with E-state index in [1.165, 1.54) is 0 Å². The van der Waals surface area contributed by atoms with Crippen molar-refractivity contribution in [1.29, 1.82) is 0 Å². The van der Waals surface area contributed by atoms with Crippen LogP contribution < -0.4 is 0 Å². The molecule has 0 bridgehead atoms. The van der Waals surface area contributed by atoms with Crippen molar-refractivity contribution in [1.82, 2.24) is 0 Å². The van der Waals surface area contributed by atoms with Gasteiger partial charge in [-0.15, -0.1) is 0 Å². The zero-order valence-electron chi connectivity index (χ0n) is 12.6. The second-order valence-electron chi connectivity index (χ2n) is 3.81. The Balaban J connectivity index is 1.97. The molecular weight excluding hydrogens is 176 g/mol. The molecule has 0 N–H and O–H groups in total. The molecule has 1 aliphatic heterocycles. The number of ether oxygens (including phenoxy) is 1. The number of cyclic esters (lactones) is 1. The molecule has 0 spiro atoms. The molecule has 2 nitrogen and oxygen atoms in total. The van der Waals surface area contributed by atoms with E-state index >= 15 is 0 Å². The summed E-state index contributed by atoms with van der Waals surface area (Å²) < 4.78 is 34.2. The maximum Gasteiger partial charge on any atom is 0.306 e. The maximum atomic E-state index is 10.9. The van der Waals surface area contributed by atoms with Crippen LogP contribution in [0.4, 0.5) is 0 Å². The highest BCUT2D eigenvalue weighted by Gasteiger charge is 2.22. The molecule has 0 amide bonds. The van der Waals surface area contributed by atoms with E-state index in [-0.39, 0.29) is 18.5 Å². The van der Waals surface area contributed by atoms with Crippen molar-refractivity contribution in [2.24, 2.45) is 0 Å². The van der Waals surface area contributed by atoms with Crippen LogP contribution in [0.2, 0.25) is 0 Å². The lowest BCUT2D eigenvalue weighted by atomic mass is 10.1. The van der Waals surface area contributed by atoms with Gasteiger partial charge in [0.05, 0.1) is 0 Å². The normalized spacial score (nSPS) is 26.6. The van der Waals surface area contributed by atoms with Gasteiger partial charge in [0.2, 0.25) is 0 Å². The van der Waals surface area contributed by atoms with Crippen LogP contribution in [-0.2, 0) is 9.53 Å². The summed E-state index contributed by atoms with van der Waals surface area (Å²) in [4.78, 5) is 10.9. The summed E-state index contributed by atoms with van der Waals surface area (Å²) in [7, 11) is 0. The van der Waals surface area contributed by atoms with E-state index in [2.05, 4.69) is 0 Å². The van der Waals surface area contributed by atoms with Gasteiger partial charge in [0.1, 0.15) is 6.10 Å². The summed E-state index contributed by atoms with van der Waals surface area (Å²) in [6, 6.07) is 0. The van der Waals surface area contributed by atoms with Gasteiger partial charge in [0.15, 0.2) is 0 Å². The molecule has 2 heteroatoms. The lowest BCUT2D eigenvalue weighted by Gasteiger charge is -2.07. The Kier molecular flexibility index (Phi) is 3.36. The molecule has 1 saturated heterocycles. The Hall–Kier alpha value is -0.530. The molecule has 82 valence electrons. The second-order valence-corrected chi connectivity index (χ2v) is 3.81. The van der Waals surface area contributed by atoms with Crippen LogP contribution in [0.25, 0.3) is 0 Å². The molecule has 0 aromatic heterocycles. The highest BCUT2D eigenvalue weighted by molar-refractivity contribution is 5.71. The number of carbonyl (C=O) groups excluding carboxylic acids is 1. The Morgan fingerprint density at radius 2 is 2.21 bits per heavy atom. The van der Waals surface area contributed by atoms with Crippen LogP contribution in [0, 0.1) is 0 Å². The molecule has 1 rings (SSSR count). The smallest absolute Gasteiger partial charge is 0.306 e. The number of carbonyl (C=O) groups is 1. The highest BCUT2D eigenvalue weighted by Crippen LogP contribution is 2.19. The minimum Gasteiger partial charge on any atom is -0.462 e. The van der Waals surface area contributed by atoms with E-state index in [1.54, 1.807) is 0 Å². The Bertz CT molecular complexity index is 269. The number of hydrogen-bond acceptors (Lipinski definition) is 2. The van der Waals surface area contributed by atoms with Gasteiger partial charge in [-0.3, -0.25) is 4.79 Å². The van der Waals surface area contributed by atoms with Gasteiger partial charge in [0, 0.05) is 11.9 Å². The van der Waals surface area contributed by atoms with Crippen molar-refractivity contribution >= 4 is 5.97 Å². The van der Waals surface area contributed by atoms with Crippen LogP contribution >= 0.6 is 0 Å². The van der Waals surface area contributed by atoms with Crippen molar-refractivity contribution < 1.29 is 15.0 Å². The van der Waals surface area contributed by atoms with Crippen molar-refractivity contribution in [2.75, 3.05) is 0 Å². The quantitative estimate of drug-likeness (QED) is 0.467. The summed E-state index contributed by atoms with van der Waals surface area (Å²) in [5.41, 5.74) is 0. The van der Waals surface area contributed by atoms with Crippen LogP contribution in [0.5, 0.6) is 0 Å². The van der Waals surface area contributed by atoms with Crippen LogP contribution in [0.1, 0.15) is 70.1 Å². The number of esters is 1. The summed E-state index contributed by atoms with van der Waals surface area (Å²) in [6.07, 6.45) is 4.56. The van der Waals surface area contributed by atoms with Crippen LogP contribution in [-0.4, -0.2) is 12.1 Å². The maximum absolute atomic E-state index is 10.9. The van der Waals surface area contributed by atoms with Crippen molar-refractivity contribution in [3.05, 3.63) is 0 Å². The van der Waals surface area contributed by atoms with E-state index in [0.717, 1.165) is 32.1 Å². The Morgan fingerprint density at radius 3 is 2.93 bits per heavy atom. The molecule has 1 aliphatic rings. The molecule has 0 saturated carbocycles. The predicted molar refractivity (Wildman–Crippen MR) is 57.1 cm³/mol. The molecule has 1 heterocycles. The fourth-order valence-corrected chi connectivity index (χ4v) is 1.74. The van der Waals surface area contributed by atoms with Crippen LogP contribution in [0.3, 0.4) is 0 Å². The summed E-state index contributed by atoms with van der Waals surface area (Å²) in [5.74, 6) is -0.0925. The molecule has 1 fully saturated rings. The number of hydrogen-bond donors (Lipinski definition) is 0. The molecular formula is C12H22O2. The van der Waals surface area contributed by atoms with Gasteiger partial charge in [-0.1, -0.05) is 38.9 Å². The molecule has 0 aromatic carbocycles. The predicted octanol–water partition coefficient (Wildman–Crippen LogP) is 3.44. The first-order valence-electron chi connectivity index (χ1n) is 7.61. The largest absolute Gasteiger partial charge is 0.462 e. The van der Waals surface area contributed by atoms with Gasteiger partial charge >= 0.3 is 5.97 Å². The molecule has 14 heavy (non-hydrogen) atoms. The molecule has 1 unspecified atom stereocenters. The minimum atomic E-state index is -1.69. The lowest BCUT2D eigenvalue weighted by molar-refractivity contribution is -0.141. The third kappa shape index (κ3) is 4.64. The third-order valence-corrected chi connectivity index (χ3v) is 2.57. The first kappa shape index (κ1) is 6.86. The van der Waals surface area contributed by atoms with Gasteiger partial charge < -0.3 is 4.74 Å². The third-order valence-electron chi connectivity index (χ3n) is 2.57. The summed E-state index contributed by atoms with van der Waals surface area (Å²) in [5, 5.41) is 0. The first-order valence-corrected chi connectivity index (χ1v) is 5.46. The van der Waals surface area contributed by atoms with Gasteiger partial charge in [-0.2, -0.15) is 0 Å². The van der Waals surface area contributed by atoms with E-state index in [1.807, 2.05) is 0 Å². The zero-order chi connectivity index (χ0) is 13.6. The zero-order valence-corrected chi connectivity index (χ0v) is 8.63. The van der Waals surface area contributed by atoms with Gasteiger partial charge in [-0.05, 0) is 19.3 Å². The number of unbranched alkanes of at least 4 members (excludes halogenated alkanes) is 3. The van der Waals surface area contributed by atoms with E-state index in [4.69, 9.17) is 10.2 Å². The van der Waals surface area contributed by atoms with Gasteiger partial charge in [-0.25, -0.2) is 0 Å². The highest BCUT2D eigenvalue weighted by atomic mass is 16.5. The average Bonchev–Trinajstić information content (AvgIpc) is 2.69. The van der Waals surface area contributed by atoms with E-state index in [9.17, 15) is 4.79 Å². The SMILES string of the molecule is [2H]C([2H])C([2H])([2H])CCCCCCC1CCC(=O)O1. The summed E-state index contributed by atoms with van der Waals surface area (Å²) >= 11 is 0. The van der Waals surface area contributed by atoms with E-state index in [0.29, 0.717) is 12.8 Å². The Labute approximate surface area is 92.6 Å². The molecule has 0 aromatic rings. The topological polar surface area (TPSA) is 26.3 Å². The fraction of sp³-hybridized carbons (Fsp3) is 0.917. The molecule has 1 atom stereocenters. The Morgan fingerprint density at radius 1 is 1.43 bits per heavy atom. The van der Waals surface area contributed by atoms with Crippen molar-refractivity contribution in [3.8, 4) is 0 Å². The van der Waals surface area contributed by atoms with Crippen molar-refractivity contribution in [2.45, 2.75) is 70.7 Å². The van der Waals surface area contributed by atoms with Crippen molar-refractivity contribution in [3.63, 3.8) is 0 Å². The monoisotopic (exact) mass is 202 g/mol. The first-order chi connectivity index (χ1) is 8.42. The number of rotatable bonds is 7. The summed E-state index contributed by atoms with van der Waals surface area (Å²) in [6.45, 7) is -1.41. The molecule has 0 radical (unpaired) electrons. The van der Waals surface area contributed by atoms with Gasteiger partial charge in [0.25, 0.3) is 0 Å². The lowest BCUT2D eigenvalue weighted by Crippen LogP contribution is -2.06. The van der Waals surface area contributed by atoms with E-state index < -0.39 is 13.2 Å². The van der Waals surface area contributed by atoms with Crippen LogP contribution in [0.15, 0.2) is 0 Å². The molecule has 0 aliphatic carbocycles. The minimum absolute atomic E-state index is 0.0924.